The zero-order valence-electron chi connectivity index (χ0n) is 8.83. The largest absolute Gasteiger partial charge is 0.454 e. The number of hydrogen-bond acceptors (Lipinski definition) is 1. The molecule has 0 fully saturated rings. The summed E-state index contributed by atoms with van der Waals surface area (Å²) in [6.07, 6.45) is 0. The molecule has 0 atom stereocenters. The number of aromatic amines is 1. The average molecular weight is 242 g/mol. The van der Waals surface area contributed by atoms with Gasteiger partial charge in [0.1, 0.15) is 5.58 Å². The van der Waals surface area contributed by atoms with Crippen LogP contribution in [-0.2, 0) is 0 Å². The highest BCUT2D eigenvalue weighted by Gasteiger charge is 2.14. The second-order valence-electron chi connectivity index (χ2n) is 4.09. The normalized spacial score (nSPS) is 11.8. The molecular formula is C14H8ClNO. The van der Waals surface area contributed by atoms with Crippen molar-refractivity contribution in [2.75, 3.05) is 0 Å². The highest BCUT2D eigenvalue weighted by atomic mass is 35.5. The molecule has 0 bridgehead atoms. The first-order chi connectivity index (χ1) is 8.34. The van der Waals surface area contributed by atoms with E-state index in [1.165, 1.54) is 0 Å². The molecule has 2 heterocycles. The van der Waals surface area contributed by atoms with E-state index in [4.69, 9.17) is 16.0 Å². The summed E-state index contributed by atoms with van der Waals surface area (Å²) < 4.78 is 5.87. The van der Waals surface area contributed by atoms with Crippen LogP contribution in [0.1, 0.15) is 0 Å². The first kappa shape index (κ1) is 9.14. The van der Waals surface area contributed by atoms with E-state index in [0.717, 1.165) is 33.0 Å². The predicted octanol–water partition coefficient (Wildman–Crippen LogP) is 4.72. The molecule has 0 aliphatic rings. The van der Waals surface area contributed by atoms with Gasteiger partial charge in [0.2, 0.25) is 0 Å². The van der Waals surface area contributed by atoms with E-state index >= 15 is 0 Å². The van der Waals surface area contributed by atoms with Crippen molar-refractivity contribution in [1.29, 1.82) is 0 Å². The molecule has 2 aromatic carbocycles. The summed E-state index contributed by atoms with van der Waals surface area (Å²) in [4.78, 5) is 3.36. The van der Waals surface area contributed by atoms with Gasteiger partial charge in [-0.2, -0.15) is 0 Å². The molecule has 0 saturated carbocycles. The minimum Gasteiger partial charge on any atom is -0.454 e. The zero-order valence-corrected chi connectivity index (χ0v) is 9.58. The summed E-state index contributed by atoms with van der Waals surface area (Å²) in [7, 11) is 0. The average Bonchev–Trinajstić information content (AvgIpc) is 2.85. The fourth-order valence-electron chi connectivity index (χ4n) is 2.34. The van der Waals surface area contributed by atoms with Gasteiger partial charge in [0, 0.05) is 10.9 Å². The molecule has 0 saturated heterocycles. The molecule has 2 nitrogen and oxygen atoms in total. The molecule has 0 aliphatic heterocycles. The van der Waals surface area contributed by atoms with Gasteiger partial charge in [-0.05, 0) is 24.3 Å². The predicted molar refractivity (Wildman–Crippen MR) is 70.6 cm³/mol. The lowest BCUT2D eigenvalue weighted by Gasteiger charge is -1.91. The maximum absolute atomic E-state index is 6.22. The molecule has 1 N–H and O–H groups in total. The number of nitrogens with one attached hydrogen (secondary N) is 1. The Hall–Kier alpha value is -1.93. The molecule has 0 unspecified atom stereocenters. The minimum atomic E-state index is 0.716. The first-order valence-electron chi connectivity index (χ1n) is 5.42. The number of H-pyrrole nitrogens is 1. The van der Waals surface area contributed by atoms with Crippen molar-refractivity contribution in [2.45, 2.75) is 0 Å². The number of fused-ring (bicyclic) bond motifs is 5. The number of hydrogen-bond donors (Lipinski definition) is 1. The lowest BCUT2D eigenvalue weighted by Crippen LogP contribution is -1.69. The zero-order chi connectivity index (χ0) is 11.4. The number of rotatable bonds is 0. The summed E-state index contributed by atoms with van der Waals surface area (Å²) in [5.74, 6) is 0. The van der Waals surface area contributed by atoms with Crippen LogP contribution >= 0.6 is 11.6 Å². The van der Waals surface area contributed by atoms with Crippen LogP contribution in [0.15, 0.2) is 46.9 Å². The van der Waals surface area contributed by atoms with Crippen LogP contribution in [0.2, 0.25) is 5.02 Å². The topological polar surface area (TPSA) is 28.9 Å². The highest BCUT2D eigenvalue weighted by Crippen LogP contribution is 2.37. The molecule has 0 spiro atoms. The molecular weight excluding hydrogens is 234 g/mol. The molecule has 17 heavy (non-hydrogen) atoms. The number of halogens is 1. The maximum Gasteiger partial charge on any atom is 0.161 e. The number of furan rings is 1. The Morgan fingerprint density at radius 2 is 1.88 bits per heavy atom. The van der Waals surface area contributed by atoms with Crippen LogP contribution in [0, 0.1) is 0 Å². The summed E-state index contributed by atoms with van der Waals surface area (Å²) >= 11 is 6.22. The molecule has 2 aromatic heterocycles. The highest BCUT2D eigenvalue weighted by molar-refractivity contribution is 6.38. The summed E-state index contributed by atoms with van der Waals surface area (Å²) in [6, 6.07) is 13.8. The lowest BCUT2D eigenvalue weighted by atomic mass is 10.2. The van der Waals surface area contributed by atoms with Gasteiger partial charge in [0.25, 0.3) is 0 Å². The molecule has 0 amide bonds. The Balaban J connectivity index is 2.35. The molecule has 0 aliphatic carbocycles. The Morgan fingerprint density at radius 1 is 1.00 bits per heavy atom. The van der Waals surface area contributed by atoms with Crippen LogP contribution < -0.4 is 0 Å². The third kappa shape index (κ3) is 1.10. The molecule has 82 valence electrons. The van der Waals surface area contributed by atoms with E-state index in [-0.39, 0.29) is 0 Å². The monoisotopic (exact) mass is 241 g/mol. The molecule has 0 radical (unpaired) electrons. The first-order valence-corrected chi connectivity index (χ1v) is 5.80. The summed E-state index contributed by atoms with van der Waals surface area (Å²) in [6.45, 7) is 0. The fraction of sp³-hybridized carbons (Fsp3) is 0. The van der Waals surface area contributed by atoms with E-state index in [1.807, 2.05) is 42.5 Å². The van der Waals surface area contributed by atoms with E-state index < -0.39 is 0 Å². The third-order valence-electron chi connectivity index (χ3n) is 3.10. The number of aromatic nitrogens is 1. The van der Waals surface area contributed by atoms with E-state index in [0.29, 0.717) is 5.02 Å². The van der Waals surface area contributed by atoms with Gasteiger partial charge in [-0.1, -0.05) is 29.8 Å². The van der Waals surface area contributed by atoms with Crippen molar-refractivity contribution in [3.8, 4) is 0 Å². The van der Waals surface area contributed by atoms with Crippen molar-refractivity contribution in [3.63, 3.8) is 0 Å². The van der Waals surface area contributed by atoms with Gasteiger partial charge < -0.3 is 9.40 Å². The van der Waals surface area contributed by atoms with E-state index in [1.54, 1.807) is 0 Å². The SMILES string of the molecule is Clc1cccc2oc3c4ccccc4[nH]c3c12. The Labute approximate surface area is 102 Å². The van der Waals surface area contributed by atoms with Gasteiger partial charge in [-0.3, -0.25) is 0 Å². The van der Waals surface area contributed by atoms with Crippen LogP contribution in [0.3, 0.4) is 0 Å². The van der Waals surface area contributed by atoms with E-state index in [2.05, 4.69) is 4.98 Å². The van der Waals surface area contributed by atoms with Crippen molar-refractivity contribution in [1.82, 2.24) is 4.98 Å². The Bertz CT molecular complexity index is 856. The van der Waals surface area contributed by atoms with Gasteiger partial charge in [0.05, 0.1) is 15.9 Å². The molecule has 3 heteroatoms. The third-order valence-corrected chi connectivity index (χ3v) is 3.41. The Kier molecular flexibility index (Phi) is 1.64. The van der Waals surface area contributed by atoms with Crippen LogP contribution in [0.4, 0.5) is 0 Å². The fourth-order valence-corrected chi connectivity index (χ4v) is 2.60. The van der Waals surface area contributed by atoms with Crippen molar-refractivity contribution >= 4 is 44.6 Å². The summed E-state index contributed by atoms with van der Waals surface area (Å²) in [5, 5.41) is 2.77. The van der Waals surface area contributed by atoms with Crippen molar-refractivity contribution < 1.29 is 4.42 Å². The van der Waals surface area contributed by atoms with Gasteiger partial charge >= 0.3 is 0 Å². The molecule has 4 rings (SSSR count). The minimum absolute atomic E-state index is 0.716. The quantitative estimate of drug-likeness (QED) is 0.474. The second kappa shape index (κ2) is 3.05. The smallest absolute Gasteiger partial charge is 0.161 e. The summed E-state index contributed by atoms with van der Waals surface area (Å²) in [5.41, 5.74) is 3.75. The number of para-hydroxylation sites is 1. The van der Waals surface area contributed by atoms with Gasteiger partial charge in [-0.25, -0.2) is 0 Å². The van der Waals surface area contributed by atoms with Crippen LogP contribution in [0.25, 0.3) is 33.0 Å². The van der Waals surface area contributed by atoms with Crippen LogP contribution in [-0.4, -0.2) is 4.98 Å². The maximum atomic E-state index is 6.22. The Morgan fingerprint density at radius 3 is 2.82 bits per heavy atom. The van der Waals surface area contributed by atoms with Gasteiger partial charge in [0.15, 0.2) is 5.58 Å². The lowest BCUT2D eigenvalue weighted by molar-refractivity contribution is 0.673. The van der Waals surface area contributed by atoms with Crippen molar-refractivity contribution in [3.05, 3.63) is 47.5 Å². The molecule has 4 aromatic rings. The number of benzene rings is 2. The van der Waals surface area contributed by atoms with Crippen LogP contribution in [0.5, 0.6) is 0 Å². The second-order valence-corrected chi connectivity index (χ2v) is 4.50. The standard InChI is InChI=1S/C14H8ClNO/c15-9-5-3-7-11-12(9)13-14(17-11)8-4-1-2-6-10(8)16-13/h1-7,16H. The van der Waals surface area contributed by atoms with E-state index in [9.17, 15) is 0 Å². The van der Waals surface area contributed by atoms with Gasteiger partial charge in [-0.15, -0.1) is 0 Å². The van der Waals surface area contributed by atoms with Crippen molar-refractivity contribution in [2.24, 2.45) is 0 Å².